The van der Waals surface area contributed by atoms with E-state index >= 15 is 0 Å². The average Bonchev–Trinajstić information content (AvgIpc) is 2.34. The number of hydrogen-bond acceptors (Lipinski definition) is 2. The molecule has 0 radical (unpaired) electrons. The molecule has 0 aliphatic carbocycles. The molecule has 88 valence electrons. The summed E-state index contributed by atoms with van der Waals surface area (Å²) in [5.41, 5.74) is 2.24. The van der Waals surface area contributed by atoms with Gasteiger partial charge in [0.2, 0.25) is 0 Å². The zero-order valence-electron chi connectivity index (χ0n) is 9.92. The molecule has 3 heteroatoms. The van der Waals surface area contributed by atoms with Crippen molar-refractivity contribution in [3.05, 3.63) is 29.8 Å². The van der Waals surface area contributed by atoms with Gasteiger partial charge in [-0.3, -0.25) is 0 Å². The Hall–Kier alpha value is -1.15. The highest BCUT2D eigenvalue weighted by Gasteiger charge is 2.06. The maximum absolute atomic E-state index is 5.66. The van der Waals surface area contributed by atoms with Crippen molar-refractivity contribution in [2.24, 2.45) is 0 Å². The molecule has 0 aliphatic heterocycles. The van der Waals surface area contributed by atoms with Crippen LogP contribution in [0.1, 0.15) is 18.9 Å². The van der Waals surface area contributed by atoms with Crippen LogP contribution < -0.4 is 9.47 Å². The highest BCUT2D eigenvalue weighted by atomic mass is 35.5. The minimum Gasteiger partial charge on any atom is -0.497 e. The summed E-state index contributed by atoms with van der Waals surface area (Å²) >= 11 is 5.66. The maximum atomic E-state index is 5.66. The van der Waals surface area contributed by atoms with E-state index in [9.17, 15) is 0 Å². The van der Waals surface area contributed by atoms with Gasteiger partial charge in [0.1, 0.15) is 11.5 Å². The minimum absolute atomic E-state index is 0.635. The first-order chi connectivity index (χ1) is 7.72. The molecule has 0 heterocycles. The summed E-state index contributed by atoms with van der Waals surface area (Å²) in [6, 6.07) is 5.81. The van der Waals surface area contributed by atoms with E-state index < -0.39 is 0 Å². The van der Waals surface area contributed by atoms with Crippen LogP contribution in [0.2, 0.25) is 0 Å². The van der Waals surface area contributed by atoms with Crippen molar-refractivity contribution in [3.63, 3.8) is 0 Å². The molecule has 0 spiro atoms. The average molecular weight is 241 g/mol. The first kappa shape index (κ1) is 12.9. The standard InChI is InChI=1S/C13H17ClO2/c1-10(5-4-8-14)12-7-6-11(15-2)9-13(12)16-3/h5-7,9H,4,8H2,1-3H3. The summed E-state index contributed by atoms with van der Waals surface area (Å²) in [5.74, 6) is 2.25. The van der Waals surface area contributed by atoms with Crippen LogP contribution in [0.4, 0.5) is 0 Å². The predicted octanol–water partition coefficient (Wildman–Crippen LogP) is 3.74. The molecular weight excluding hydrogens is 224 g/mol. The van der Waals surface area contributed by atoms with Gasteiger partial charge in [-0.2, -0.15) is 0 Å². The number of allylic oxidation sites excluding steroid dienone is 2. The van der Waals surface area contributed by atoms with Gasteiger partial charge in [-0.1, -0.05) is 6.08 Å². The first-order valence-electron chi connectivity index (χ1n) is 5.18. The predicted molar refractivity (Wildman–Crippen MR) is 68.5 cm³/mol. The quantitative estimate of drug-likeness (QED) is 0.730. The van der Waals surface area contributed by atoms with Crippen LogP contribution in [0.15, 0.2) is 24.3 Å². The molecule has 1 aromatic rings. The van der Waals surface area contributed by atoms with Gasteiger partial charge in [0.25, 0.3) is 0 Å². The van der Waals surface area contributed by atoms with E-state index in [1.165, 1.54) is 5.57 Å². The van der Waals surface area contributed by atoms with Crippen LogP contribution in [-0.4, -0.2) is 20.1 Å². The summed E-state index contributed by atoms with van der Waals surface area (Å²) in [7, 11) is 3.30. The summed E-state index contributed by atoms with van der Waals surface area (Å²) < 4.78 is 10.5. The monoisotopic (exact) mass is 240 g/mol. The van der Waals surface area contributed by atoms with Gasteiger partial charge in [-0.15, -0.1) is 11.6 Å². The molecule has 0 saturated heterocycles. The Balaban J connectivity index is 3.03. The lowest BCUT2D eigenvalue weighted by molar-refractivity contribution is 0.393. The minimum atomic E-state index is 0.635. The molecule has 0 atom stereocenters. The van der Waals surface area contributed by atoms with E-state index in [-0.39, 0.29) is 0 Å². The maximum Gasteiger partial charge on any atom is 0.130 e. The molecule has 0 bridgehead atoms. The zero-order chi connectivity index (χ0) is 12.0. The number of benzene rings is 1. The second-order valence-electron chi connectivity index (χ2n) is 3.43. The molecule has 0 unspecified atom stereocenters. The van der Waals surface area contributed by atoms with Crippen molar-refractivity contribution in [1.29, 1.82) is 0 Å². The summed E-state index contributed by atoms with van der Waals surface area (Å²) in [4.78, 5) is 0. The summed E-state index contributed by atoms with van der Waals surface area (Å²) in [6.07, 6.45) is 2.97. The lowest BCUT2D eigenvalue weighted by Gasteiger charge is -2.10. The molecule has 1 rings (SSSR count). The zero-order valence-corrected chi connectivity index (χ0v) is 10.7. The number of rotatable bonds is 5. The highest BCUT2D eigenvalue weighted by molar-refractivity contribution is 6.17. The Morgan fingerprint density at radius 1 is 1.31 bits per heavy atom. The highest BCUT2D eigenvalue weighted by Crippen LogP contribution is 2.30. The largest absolute Gasteiger partial charge is 0.497 e. The van der Waals surface area contributed by atoms with Gasteiger partial charge in [0.15, 0.2) is 0 Å². The Morgan fingerprint density at radius 2 is 2.06 bits per heavy atom. The van der Waals surface area contributed by atoms with Gasteiger partial charge in [-0.25, -0.2) is 0 Å². The van der Waals surface area contributed by atoms with Gasteiger partial charge in [0.05, 0.1) is 14.2 Å². The van der Waals surface area contributed by atoms with E-state index in [0.29, 0.717) is 5.88 Å². The lowest BCUT2D eigenvalue weighted by atomic mass is 10.1. The Bertz CT molecular complexity index is 372. The molecule has 0 amide bonds. The molecule has 0 aromatic heterocycles. The molecule has 0 N–H and O–H groups in total. The lowest BCUT2D eigenvalue weighted by Crippen LogP contribution is -1.92. The third-order valence-corrected chi connectivity index (χ3v) is 2.61. The Morgan fingerprint density at radius 3 is 2.62 bits per heavy atom. The first-order valence-corrected chi connectivity index (χ1v) is 5.71. The molecule has 0 fully saturated rings. The van der Waals surface area contributed by atoms with Crippen LogP contribution in [0.25, 0.3) is 5.57 Å². The molecule has 1 aromatic carbocycles. The number of alkyl halides is 1. The molecular formula is C13H17ClO2. The van der Waals surface area contributed by atoms with Crippen molar-refractivity contribution in [2.45, 2.75) is 13.3 Å². The number of methoxy groups -OCH3 is 2. The number of halogens is 1. The fraction of sp³-hybridized carbons (Fsp3) is 0.385. The van der Waals surface area contributed by atoms with Crippen LogP contribution in [0.3, 0.4) is 0 Å². The number of hydrogen-bond donors (Lipinski definition) is 0. The van der Waals surface area contributed by atoms with Gasteiger partial charge in [-0.05, 0) is 31.1 Å². The fourth-order valence-electron chi connectivity index (χ4n) is 1.51. The smallest absolute Gasteiger partial charge is 0.130 e. The molecule has 16 heavy (non-hydrogen) atoms. The topological polar surface area (TPSA) is 18.5 Å². The number of ether oxygens (including phenoxy) is 2. The normalized spacial score (nSPS) is 11.4. The SMILES string of the molecule is COc1ccc(C(C)=CCCCl)c(OC)c1. The third kappa shape index (κ3) is 3.17. The molecule has 0 saturated carbocycles. The Kier molecular flexibility index (Phi) is 5.20. The summed E-state index contributed by atoms with van der Waals surface area (Å²) in [6.45, 7) is 2.05. The molecule has 2 nitrogen and oxygen atoms in total. The third-order valence-electron chi connectivity index (χ3n) is 2.39. The van der Waals surface area contributed by atoms with Crippen molar-refractivity contribution in [1.82, 2.24) is 0 Å². The van der Waals surface area contributed by atoms with E-state index in [1.54, 1.807) is 14.2 Å². The Labute approximate surface area is 102 Å². The van der Waals surface area contributed by atoms with Crippen molar-refractivity contribution in [2.75, 3.05) is 20.1 Å². The van der Waals surface area contributed by atoms with E-state index in [0.717, 1.165) is 23.5 Å². The van der Waals surface area contributed by atoms with Crippen LogP contribution in [-0.2, 0) is 0 Å². The summed E-state index contributed by atoms with van der Waals surface area (Å²) in [5, 5.41) is 0. The second-order valence-corrected chi connectivity index (χ2v) is 3.81. The van der Waals surface area contributed by atoms with Crippen LogP contribution in [0, 0.1) is 0 Å². The van der Waals surface area contributed by atoms with Crippen LogP contribution in [0.5, 0.6) is 11.5 Å². The van der Waals surface area contributed by atoms with Gasteiger partial charge >= 0.3 is 0 Å². The molecule has 0 aliphatic rings. The van der Waals surface area contributed by atoms with Crippen molar-refractivity contribution < 1.29 is 9.47 Å². The van der Waals surface area contributed by atoms with E-state index in [4.69, 9.17) is 21.1 Å². The van der Waals surface area contributed by atoms with Gasteiger partial charge < -0.3 is 9.47 Å². The van der Waals surface area contributed by atoms with Gasteiger partial charge in [0, 0.05) is 17.5 Å². The van der Waals surface area contributed by atoms with Crippen molar-refractivity contribution >= 4 is 17.2 Å². The second kappa shape index (κ2) is 6.44. The fourth-order valence-corrected chi connectivity index (χ4v) is 1.61. The van der Waals surface area contributed by atoms with E-state index in [2.05, 4.69) is 13.0 Å². The van der Waals surface area contributed by atoms with Crippen LogP contribution >= 0.6 is 11.6 Å². The van der Waals surface area contributed by atoms with E-state index in [1.807, 2.05) is 18.2 Å². The van der Waals surface area contributed by atoms with Crippen molar-refractivity contribution in [3.8, 4) is 11.5 Å².